The molecule has 0 saturated heterocycles. The van der Waals surface area contributed by atoms with Gasteiger partial charge in [0, 0.05) is 0 Å². The number of hydrogen-bond acceptors (Lipinski definition) is 1. The van der Waals surface area contributed by atoms with Gasteiger partial charge in [0.25, 0.3) is 0 Å². The Kier molecular flexibility index (Phi) is 4.09. The average Bonchev–Trinajstić information content (AvgIpc) is 2.40. The first-order valence-corrected chi connectivity index (χ1v) is 6.35. The van der Waals surface area contributed by atoms with Crippen molar-refractivity contribution in [1.29, 1.82) is 0 Å². The summed E-state index contributed by atoms with van der Waals surface area (Å²) in [5.41, 5.74) is 3.43. The third kappa shape index (κ3) is 3.27. The van der Waals surface area contributed by atoms with Gasteiger partial charge >= 0.3 is 0 Å². The maximum atomic E-state index is 10.5. The summed E-state index contributed by atoms with van der Waals surface area (Å²) in [6, 6.07) is 18.4. The maximum Gasteiger partial charge on any atom is 0.156 e. The molecule has 0 fully saturated rings. The maximum absolute atomic E-state index is 10.5. The van der Waals surface area contributed by atoms with Gasteiger partial charge in [-0.3, -0.25) is 4.79 Å². The van der Waals surface area contributed by atoms with E-state index in [4.69, 9.17) is 0 Å². The molecule has 0 amide bonds. The van der Waals surface area contributed by atoms with E-state index in [0.717, 1.165) is 11.8 Å². The first-order valence-electron chi connectivity index (χ1n) is 5.27. The van der Waals surface area contributed by atoms with E-state index in [-0.39, 0.29) is 0 Å². The molecular weight excluding hydrogens is 323 g/mol. The molecule has 0 N–H and O–H groups in total. The number of benzene rings is 2. The van der Waals surface area contributed by atoms with Crippen molar-refractivity contribution in [1.82, 2.24) is 0 Å². The molecule has 2 rings (SSSR count). The minimum Gasteiger partial charge on any atom is -0.297 e. The highest BCUT2D eigenvalue weighted by Crippen LogP contribution is 2.20. The summed E-state index contributed by atoms with van der Waals surface area (Å²) in [7, 11) is 0. The van der Waals surface area contributed by atoms with E-state index in [9.17, 15) is 4.79 Å². The standard InChI is InChI=1S/C15H11IO/c16-15(11-17)10-12-6-8-14(9-7-12)13-4-2-1-3-5-13/h1-11H/b15-10-. The quantitative estimate of drug-likeness (QED) is 0.464. The van der Waals surface area contributed by atoms with Gasteiger partial charge in [0.15, 0.2) is 6.29 Å². The molecule has 0 radical (unpaired) electrons. The molecule has 84 valence electrons. The normalized spacial score (nSPS) is 11.2. The van der Waals surface area contributed by atoms with Gasteiger partial charge in [0.2, 0.25) is 0 Å². The molecular formula is C15H11IO. The lowest BCUT2D eigenvalue weighted by molar-refractivity contribution is -0.104. The summed E-state index contributed by atoms with van der Waals surface area (Å²) in [6.07, 6.45) is 2.72. The molecule has 2 heteroatoms. The monoisotopic (exact) mass is 334 g/mol. The molecule has 0 aliphatic heterocycles. The summed E-state index contributed by atoms with van der Waals surface area (Å²) < 4.78 is 0.704. The number of allylic oxidation sites excluding steroid dienone is 1. The summed E-state index contributed by atoms with van der Waals surface area (Å²) in [4.78, 5) is 10.5. The molecule has 0 heterocycles. The van der Waals surface area contributed by atoms with Crippen LogP contribution in [0.15, 0.2) is 58.2 Å². The first-order chi connectivity index (χ1) is 8.29. The fourth-order valence-corrected chi connectivity index (χ4v) is 1.96. The molecule has 17 heavy (non-hydrogen) atoms. The minimum atomic E-state index is 0.704. The smallest absolute Gasteiger partial charge is 0.156 e. The molecule has 0 spiro atoms. The lowest BCUT2D eigenvalue weighted by Gasteiger charge is -2.01. The van der Waals surface area contributed by atoms with Crippen molar-refractivity contribution in [2.75, 3.05) is 0 Å². The Morgan fingerprint density at radius 3 is 2.06 bits per heavy atom. The van der Waals surface area contributed by atoms with Gasteiger partial charge in [0.1, 0.15) is 0 Å². The number of carbonyl (C=O) groups excluding carboxylic acids is 1. The Balaban J connectivity index is 2.28. The lowest BCUT2D eigenvalue weighted by atomic mass is 10.0. The summed E-state index contributed by atoms with van der Waals surface area (Å²) in [6.45, 7) is 0. The van der Waals surface area contributed by atoms with Crippen LogP contribution in [0, 0.1) is 0 Å². The van der Waals surface area contributed by atoms with Crippen LogP contribution in [-0.4, -0.2) is 6.29 Å². The first kappa shape index (κ1) is 12.0. The number of rotatable bonds is 3. The highest BCUT2D eigenvalue weighted by molar-refractivity contribution is 14.1. The van der Waals surface area contributed by atoms with Gasteiger partial charge in [-0.05, 0) is 45.4 Å². The van der Waals surface area contributed by atoms with Gasteiger partial charge < -0.3 is 0 Å². The van der Waals surface area contributed by atoms with Crippen molar-refractivity contribution in [2.24, 2.45) is 0 Å². The van der Waals surface area contributed by atoms with Crippen LogP contribution in [0.5, 0.6) is 0 Å². The zero-order valence-corrected chi connectivity index (χ0v) is 11.3. The molecule has 0 saturated carbocycles. The van der Waals surface area contributed by atoms with Crippen molar-refractivity contribution >= 4 is 35.0 Å². The highest BCUT2D eigenvalue weighted by atomic mass is 127. The van der Waals surface area contributed by atoms with E-state index in [2.05, 4.69) is 24.3 Å². The predicted octanol–water partition coefficient (Wildman–Crippen LogP) is 4.33. The largest absolute Gasteiger partial charge is 0.297 e. The molecule has 0 aliphatic carbocycles. The third-order valence-corrected chi connectivity index (χ3v) is 3.00. The second-order valence-corrected chi connectivity index (χ2v) is 4.88. The van der Waals surface area contributed by atoms with Gasteiger partial charge in [-0.15, -0.1) is 0 Å². The van der Waals surface area contributed by atoms with Crippen molar-refractivity contribution in [3.05, 3.63) is 63.7 Å². The van der Waals surface area contributed by atoms with Crippen molar-refractivity contribution in [3.63, 3.8) is 0 Å². The predicted molar refractivity (Wildman–Crippen MR) is 79.9 cm³/mol. The van der Waals surface area contributed by atoms with E-state index >= 15 is 0 Å². The van der Waals surface area contributed by atoms with Crippen LogP contribution in [0.4, 0.5) is 0 Å². The zero-order valence-electron chi connectivity index (χ0n) is 9.14. The molecule has 0 atom stereocenters. The van der Waals surface area contributed by atoms with E-state index in [0.29, 0.717) is 3.58 Å². The summed E-state index contributed by atoms with van der Waals surface area (Å²) >= 11 is 2.02. The fourth-order valence-electron chi connectivity index (χ4n) is 1.60. The molecule has 0 aliphatic rings. The Morgan fingerprint density at radius 1 is 0.882 bits per heavy atom. The lowest BCUT2D eigenvalue weighted by Crippen LogP contribution is -1.79. The Bertz CT molecular complexity index is 527. The second kappa shape index (κ2) is 5.77. The molecule has 2 aromatic carbocycles. The highest BCUT2D eigenvalue weighted by Gasteiger charge is 1.96. The van der Waals surface area contributed by atoms with Crippen LogP contribution < -0.4 is 0 Å². The van der Waals surface area contributed by atoms with E-state index in [1.807, 2.05) is 59.0 Å². The number of carbonyl (C=O) groups is 1. The Hall–Kier alpha value is -1.42. The van der Waals surface area contributed by atoms with Gasteiger partial charge in [-0.25, -0.2) is 0 Å². The van der Waals surface area contributed by atoms with E-state index in [1.165, 1.54) is 11.1 Å². The van der Waals surface area contributed by atoms with E-state index in [1.54, 1.807) is 0 Å². The zero-order chi connectivity index (χ0) is 12.1. The van der Waals surface area contributed by atoms with Crippen LogP contribution in [-0.2, 0) is 4.79 Å². The number of aldehydes is 1. The molecule has 0 unspecified atom stereocenters. The molecule has 2 aromatic rings. The molecule has 0 aromatic heterocycles. The van der Waals surface area contributed by atoms with Gasteiger partial charge in [0.05, 0.1) is 3.58 Å². The average molecular weight is 334 g/mol. The number of halogens is 1. The van der Waals surface area contributed by atoms with Gasteiger partial charge in [-0.2, -0.15) is 0 Å². The second-order valence-electron chi connectivity index (χ2n) is 3.64. The van der Waals surface area contributed by atoms with Crippen molar-refractivity contribution in [2.45, 2.75) is 0 Å². The van der Waals surface area contributed by atoms with Crippen LogP contribution in [0.1, 0.15) is 5.56 Å². The molecule has 0 bridgehead atoms. The Labute approximate surface area is 114 Å². The van der Waals surface area contributed by atoms with Crippen LogP contribution in [0.3, 0.4) is 0 Å². The summed E-state index contributed by atoms with van der Waals surface area (Å²) in [5, 5.41) is 0. The Morgan fingerprint density at radius 2 is 1.47 bits per heavy atom. The number of hydrogen-bond donors (Lipinski definition) is 0. The fraction of sp³-hybridized carbons (Fsp3) is 0. The minimum absolute atomic E-state index is 0.704. The van der Waals surface area contributed by atoms with Gasteiger partial charge in [-0.1, -0.05) is 54.6 Å². The third-order valence-electron chi connectivity index (χ3n) is 2.43. The van der Waals surface area contributed by atoms with Crippen molar-refractivity contribution in [3.8, 4) is 11.1 Å². The van der Waals surface area contributed by atoms with Crippen LogP contribution in [0.2, 0.25) is 0 Å². The summed E-state index contributed by atoms with van der Waals surface area (Å²) in [5.74, 6) is 0. The van der Waals surface area contributed by atoms with Crippen LogP contribution in [0.25, 0.3) is 17.2 Å². The molecule has 1 nitrogen and oxygen atoms in total. The van der Waals surface area contributed by atoms with Crippen molar-refractivity contribution < 1.29 is 4.79 Å². The SMILES string of the molecule is O=C/C(I)=C/c1ccc(-c2ccccc2)cc1. The van der Waals surface area contributed by atoms with Crippen LogP contribution >= 0.6 is 22.6 Å². The van der Waals surface area contributed by atoms with E-state index < -0.39 is 0 Å². The topological polar surface area (TPSA) is 17.1 Å².